The van der Waals surface area contributed by atoms with Gasteiger partial charge in [0.2, 0.25) is 0 Å². The lowest BCUT2D eigenvalue weighted by atomic mass is 9.94. The van der Waals surface area contributed by atoms with E-state index >= 15 is 0 Å². The average molecular weight is 704 g/mol. The molecule has 5 aromatic rings. The number of hydrogen-bond acceptors (Lipinski definition) is 9. The SMILES string of the molecule is C[C@H](OC(=O)c1ccc([N+](=O)[O-])cc1)[C@H]1O[C@H](OCc2ccccc2)[C@@H](OCc2ccccc2)[C@@H](OCc2ccccc2)[C@@H]1OCc1ccccc1. The second-order valence-electron chi connectivity index (χ2n) is 12.5. The minimum Gasteiger partial charge on any atom is -0.456 e. The fourth-order valence-corrected chi connectivity index (χ4v) is 5.98. The van der Waals surface area contributed by atoms with Crippen LogP contribution >= 0.6 is 0 Å². The fraction of sp³-hybridized carbons (Fsp3) is 0.262. The second-order valence-corrected chi connectivity index (χ2v) is 12.5. The standard InChI is InChI=1S/C42H41NO9/c1-30(51-41(44)35-22-24-36(25-23-35)43(45)46)37-38(47-26-31-14-6-2-7-15-31)39(48-27-32-16-8-3-9-17-32)40(49-28-33-18-10-4-11-19-33)42(52-37)50-29-34-20-12-5-13-21-34/h2-25,30,37-40,42H,26-29H2,1H3/t30-,37+,38+,39-,40-,42-/m0/s1. The summed E-state index contributed by atoms with van der Waals surface area (Å²) in [5.74, 6) is -0.668. The van der Waals surface area contributed by atoms with Crippen molar-refractivity contribution in [3.05, 3.63) is 184 Å². The molecule has 0 bridgehead atoms. The van der Waals surface area contributed by atoms with Gasteiger partial charge in [-0.3, -0.25) is 10.1 Å². The van der Waals surface area contributed by atoms with Crippen LogP contribution in [0.3, 0.4) is 0 Å². The van der Waals surface area contributed by atoms with Crippen molar-refractivity contribution in [1.82, 2.24) is 0 Å². The Morgan fingerprint density at radius 1 is 0.596 bits per heavy atom. The van der Waals surface area contributed by atoms with Gasteiger partial charge in [-0.1, -0.05) is 121 Å². The van der Waals surface area contributed by atoms with E-state index in [1.165, 1.54) is 24.3 Å². The van der Waals surface area contributed by atoms with Gasteiger partial charge in [-0.05, 0) is 41.3 Å². The van der Waals surface area contributed by atoms with Gasteiger partial charge < -0.3 is 28.4 Å². The molecule has 1 fully saturated rings. The van der Waals surface area contributed by atoms with Gasteiger partial charge in [0.05, 0.1) is 36.9 Å². The summed E-state index contributed by atoms with van der Waals surface area (Å²) in [5, 5.41) is 11.2. The molecule has 268 valence electrons. The maximum Gasteiger partial charge on any atom is 0.338 e. The van der Waals surface area contributed by atoms with Crippen molar-refractivity contribution in [2.45, 2.75) is 70.2 Å². The number of benzene rings is 5. The number of ether oxygens (including phenoxy) is 6. The predicted octanol–water partition coefficient (Wildman–Crippen LogP) is 7.84. The van der Waals surface area contributed by atoms with Gasteiger partial charge in [0.15, 0.2) is 6.29 Å². The van der Waals surface area contributed by atoms with Crippen molar-refractivity contribution < 1.29 is 38.1 Å². The van der Waals surface area contributed by atoms with Crippen molar-refractivity contribution in [2.24, 2.45) is 0 Å². The Kier molecular flexibility index (Phi) is 12.9. The Labute approximate surface area is 303 Å². The van der Waals surface area contributed by atoms with E-state index in [1.807, 2.05) is 121 Å². The molecule has 0 spiro atoms. The highest BCUT2D eigenvalue weighted by Gasteiger charge is 2.51. The Balaban J connectivity index is 1.33. The molecule has 0 N–H and O–H groups in total. The number of nitro groups is 1. The molecule has 1 saturated heterocycles. The molecule has 10 nitrogen and oxygen atoms in total. The summed E-state index contributed by atoms with van der Waals surface area (Å²) in [7, 11) is 0. The van der Waals surface area contributed by atoms with Crippen LogP contribution in [0, 0.1) is 10.1 Å². The molecule has 0 aromatic heterocycles. The van der Waals surface area contributed by atoms with Crippen LogP contribution in [0.2, 0.25) is 0 Å². The lowest BCUT2D eigenvalue weighted by Gasteiger charge is -2.47. The largest absolute Gasteiger partial charge is 0.456 e. The quantitative estimate of drug-likeness (QED) is 0.0576. The summed E-state index contributed by atoms with van der Waals surface area (Å²) in [5.41, 5.74) is 3.81. The molecule has 0 unspecified atom stereocenters. The number of nitro benzene ring substituents is 1. The Hall–Kier alpha value is -5.23. The number of rotatable bonds is 16. The highest BCUT2D eigenvalue weighted by molar-refractivity contribution is 5.89. The maximum atomic E-state index is 13.4. The van der Waals surface area contributed by atoms with Crippen LogP contribution in [0.4, 0.5) is 5.69 Å². The number of hydrogen-bond donors (Lipinski definition) is 0. The van der Waals surface area contributed by atoms with Crippen LogP contribution in [0.25, 0.3) is 0 Å². The van der Waals surface area contributed by atoms with E-state index in [4.69, 9.17) is 28.4 Å². The molecule has 1 aliphatic rings. The molecule has 6 rings (SSSR count). The number of carbonyl (C=O) groups excluding carboxylic acids is 1. The normalized spacial score (nSPS) is 20.5. The fourth-order valence-electron chi connectivity index (χ4n) is 5.98. The van der Waals surface area contributed by atoms with E-state index < -0.39 is 47.7 Å². The molecule has 5 aromatic carbocycles. The van der Waals surface area contributed by atoms with E-state index in [2.05, 4.69) is 0 Å². The van der Waals surface area contributed by atoms with Crippen molar-refractivity contribution in [2.75, 3.05) is 0 Å². The van der Waals surface area contributed by atoms with Crippen molar-refractivity contribution >= 4 is 11.7 Å². The van der Waals surface area contributed by atoms with E-state index in [-0.39, 0.29) is 37.7 Å². The van der Waals surface area contributed by atoms with Gasteiger partial charge in [0, 0.05) is 12.1 Å². The third-order valence-electron chi connectivity index (χ3n) is 8.71. The molecule has 1 heterocycles. The van der Waals surface area contributed by atoms with Gasteiger partial charge in [-0.25, -0.2) is 4.79 Å². The van der Waals surface area contributed by atoms with Crippen molar-refractivity contribution in [1.29, 1.82) is 0 Å². The smallest absolute Gasteiger partial charge is 0.338 e. The summed E-state index contributed by atoms with van der Waals surface area (Å²) < 4.78 is 39.2. The number of esters is 1. The van der Waals surface area contributed by atoms with Crippen molar-refractivity contribution in [3.8, 4) is 0 Å². The lowest BCUT2D eigenvalue weighted by molar-refractivity contribution is -0.384. The zero-order valence-electron chi connectivity index (χ0n) is 28.8. The Morgan fingerprint density at radius 2 is 1.00 bits per heavy atom. The summed E-state index contributed by atoms with van der Waals surface area (Å²) in [6.45, 7) is 2.67. The van der Waals surface area contributed by atoms with Crippen LogP contribution in [0.15, 0.2) is 146 Å². The molecule has 0 amide bonds. The van der Waals surface area contributed by atoms with Crippen LogP contribution in [0.1, 0.15) is 39.5 Å². The molecule has 1 aliphatic heterocycles. The molecular weight excluding hydrogens is 662 g/mol. The first-order valence-electron chi connectivity index (χ1n) is 17.2. The number of carbonyl (C=O) groups is 1. The van der Waals surface area contributed by atoms with Gasteiger partial charge in [-0.2, -0.15) is 0 Å². The molecule has 0 aliphatic carbocycles. The molecule has 10 heteroatoms. The van der Waals surface area contributed by atoms with Gasteiger partial charge >= 0.3 is 5.97 Å². The minimum atomic E-state index is -0.952. The first kappa shape index (κ1) is 36.6. The maximum absolute atomic E-state index is 13.4. The summed E-state index contributed by atoms with van der Waals surface area (Å²) >= 11 is 0. The second kappa shape index (κ2) is 18.3. The summed E-state index contributed by atoms with van der Waals surface area (Å²) in [6, 6.07) is 44.3. The minimum absolute atomic E-state index is 0.132. The monoisotopic (exact) mass is 703 g/mol. The van der Waals surface area contributed by atoms with Crippen LogP contribution in [-0.2, 0) is 54.8 Å². The summed E-state index contributed by atoms with van der Waals surface area (Å²) in [4.78, 5) is 24.1. The van der Waals surface area contributed by atoms with Gasteiger partial charge in [-0.15, -0.1) is 0 Å². The van der Waals surface area contributed by atoms with E-state index in [1.54, 1.807) is 6.92 Å². The van der Waals surface area contributed by atoms with Crippen LogP contribution < -0.4 is 0 Å². The number of nitrogens with zero attached hydrogens (tertiary/aromatic N) is 1. The molecule has 0 saturated carbocycles. The third kappa shape index (κ3) is 9.97. The van der Waals surface area contributed by atoms with Crippen LogP contribution in [0.5, 0.6) is 0 Å². The molecule has 52 heavy (non-hydrogen) atoms. The van der Waals surface area contributed by atoms with E-state index in [0.29, 0.717) is 0 Å². The molecule has 0 radical (unpaired) electrons. The van der Waals surface area contributed by atoms with E-state index in [9.17, 15) is 14.9 Å². The predicted molar refractivity (Wildman–Crippen MR) is 193 cm³/mol. The Bertz CT molecular complexity index is 1830. The molecule has 6 atom stereocenters. The average Bonchev–Trinajstić information content (AvgIpc) is 3.19. The summed E-state index contributed by atoms with van der Waals surface area (Å²) in [6.07, 6.45) is -4.99. The van der Waals surface area contributed by atoms with Gasteiger partial charge in [0.1, 0.15) is 30.5 Å². The zero-order chi connectivity index (χ0) is 36.1. The van der Waals surface area contributed by atoms with Gasteiger partial charge in [0.25, 0.3) is 5.69 Å². The topological polar surface area (TPSA) is 116 Å². The highest BCUT2D eigenvalue weighted by atomic mass is 16.7. The Morgan fingerprint density at radius 3 is 1.44 bits per heavy atom. The number of non-ortho nitro benzene ring substituents is 1. The highest BCUT2D eigenvalue weighted by Crippen LogP contribution is 2.34. The first-order valence-corrected chi connectivity index (χ1v) is 17.2. The van der Waals surface area contributed by atoms with Crippen molar-refractivity contribution in [3.63, 3.8) is 0 Å². The third-order valence-corrected chi connectivity index (χ3v) is 8.71. The lowest BCUT2D eigenvalue weighted by Crippen LogP contribution is -2.63. The van der Waals surface area contributed by atoms with E-state index in [0.717, 1.165) is 22.3 Å². The first-order chi connectivity index (χ1) is 25.4. The van der Waals surface area contributed by atoms with Crippen LogP contribution in [-0.4, -0.2) is 47.7 Å². The zero-order valence-corrected chi connectivity index (χ0v) is 28.8. The molecular formula is C42H41NO9.